The number of benzene rings is 3. The quantitative estimate of drug-likeness (QED) is 0.351. The SMILES string of the molecule is Cc1cc(-c2cc(C(C)(C)C)cc(C(C)(C)C)c2)cc(-c2cc(C(C)(C)C)cc(C(C)(C)C)c2)c1. The highest BCUT2D eigenvalue weighted by molar-refractivity contribution is 5.76. The molecule has 0 aliphatic heterocycles. The standard InChI is InChI=1S/C35H48/c1-23-14-24(26-17-28(32(2,3)4)21-29(18-26)33(5,6)7)16-25(15-23)27-19-30(34(8,9)10)22-31(20-27)35(11,12)13/h14-22H,1-13H3. The third-order valence-electron chi connectivity index (χ3n) is 7.07. The first-order chi connectivity index (χ1) is 15.7. The Bertz CT molecular complexity index is 1050. The number of rotatable bonds is 2. The van der Waals surface area contributed by atoms with E-state index < -0.39 is 0 Å². The molecular weight excluding hydrogens is 420 g/mol. The van der Waals surface area contributed by atoms with Crippen molar-refractivity contribution in [3.05, 3.63) is 82.4 Å². The van der Waals surface area contributed by atoms with Gasteiger partial charge in [-0.15, -0.1) is 0 Å². The van der Waals surface area contributed by atoms with Crippen LogP contribution in [0, 0.1) is 6.92 Å². The molecule has 0 radical (unpaired) electrons. The van der Waals surface area contributed by atoms with Crippen molar-refractivity contribution >= 4 is 0 Å². The van der Waals surface area contributed by atoms with Gasteiger partial charge in [-0.1, -0.05) is 132 Å². The molecule has 0 fully saturated rings. The molecule has 0 heterocycles. The Morgan fingerprint density at radius 2 is 0.543 bits per heavy atom. The first kappa shape index (κ1) is 27.3. The third-order valence-corrected chi connectivity index (χ3v) is 7.07. The van der Waals surface area contributed by atoms with Crippen LogP contribution in [-0.2, 0) is 21.7 Å². The van der Waals surface area contributed by atoms with Crippen LogP contribution >= 0.6 is 0 Å². The fraction of sp³-hybridized carbons (Fsp3) is 0.486. The van der Waals surface area contributed by atoms with Gasteiger partial charge in [0, 0.05) is 0 Å². The maximum absolute atomic E-state index is 2.41. The fourth-order valence-electron chi connectivity index (χ4n) is 4.44. The molecule has 3 aromatic carbocycles. The fourth-order valence-corrected chi connectivity index (χ4v) is 4.44. The second kappa shape index (κ2) is 8.95. The second-order valence-corrected chi connectivity index (χ2v) is 14.7. The highest BCUT2D eigenvalue weighted by Crippen LogP contribution is 2.38. The van der Waals surface area contributed by atoms with Crippen LogP contribution in [0.25, 0.3) is 22.3 Å². The van der Waals surface area contributed by atoms with Gasteiger partial charge < -0.3 is 0 Å². The molecule has 0 amide bonds. The summed E-state index contributed by atoms with van der Waals surface area (Å²) in [6, 6.07) is 21.5. The van der Waals surface area contributed by atoms with Gasteiger partial charge in [0.2, 0.25) is 0 Å². The molecule has 0 nitrogen and oxygen atoms in total. The molecule has 3 aromatic rings. The van der Waals surface area contributed by atoms with E-state index in [0.717, 1.165) is 0 Å². The van der Waals surface area contributed by atoms with Crippen molar-refractivity contribution in [2.75, 3.05) is 0 Å². The van der Waals surface area contributed by atoms with Crippen LogP contribution in [0.3, 0.4) is 0 Å². The smallest absolute Gasteiger partial charge is 0.0132 e. The van der Waals surface area contributed by atoms with Gasteiger partial charge in [0.1, 0.15) is 0 Å². The maximum Gasteiger partial charge on any atom is -0.0132 e. The predicted molar refractivity (Wildman–Crippen MR) is 157 cm³/mol. The van der Waals surface area contributed by atoms with E-state index in [9.17, 15) is 0 Å². The molecule has 0 unspecified atom stereocenters. The molecule has 3 rings (SSSR count). The van der Waals surface area contributed by atoms with Crippen LogP contribution in [0.2, 0.25) is 0 Å². The summed E-state index contributed by atoms with van der Waals surface area (Å²) in [6.07, 6.45) is 0. The summed E-state index contributed by atoms with van der Waals surface area (Å²) in [7, 11) is 0. The second-order valence-electron chi connectivity index (χ2n) is 14.7. The zero-order chi connectivity index (χ0) is 26.6. The molecule has 0 saturated heterocycles. The molecule has 0 atom stereocenters. The average molecular weight is 469 g/mol. The van der Waals surface area contributed by atoms with Gasteiger partial charge in [0.05, 0.1) is 0 Å². The summed E-state index contributed by atoms with van der Waals surface area (Å²) in [4.78, 5) is 0. The Hall–Kier alpha value is -2.34. The van der Waals surface area contributed by atoms with Crippen molar-refractivity contribution < 1.29 is 0 Å². The van der Waals surface area contributed by atoms with E-state index in [0.29, 0.717) is 0 Å². The molecule has 0 heteroatoms. The van der Waals surface area contributed by atoms with Crippen LogP contribution in [0.4, 0.5) is 0 Å². The lowest BCUT2D eigenvalue weighted by Crippen LogP contribution is -2.16. The van der Waals surface area contributed by atoms with E-state index in [2.05, 4.69) is 145 Å². The Kier molecular flexibility index (Phi) is 6.97. The van der Waals surface area contributed by atoms with E-state index in [1.807, 2.05) is 0 Å². The van der Waals surface area contributed by atoms with Crippen LogP contribution < -0.4 is 0 Å². The van der Waals surface area contributed by atoms with Crippen LogP contribution in [0.5, 0.6) is 0 Å². The van der Waals surface area contributed by atoms with E-state index >= 15 is 0 Å². The molecule has 188 valence electrons. The normalized spacial score (nSPS) is 13.3. The largest absolute Gasteiger partial charge is 0.0561 e. The van der Waals surface area contributed by atoms with Gasteiger partial charge in [0.25, 0.3) is 0 Å². The summed E-state index contributed by atoms with van der Waals surface area (Å²) in [5.41, 5.74) is 12.5. The molecular formula is C35H48. The van der Waals surface area contributed by atoms with Crippen LogP contribution in [0.1, 0.15) is 111 Å². The number of hydrogen-bond donors (Lipinski definition) is 0. The van der Waals surface area contributed by atoms with Gasteiger partial charge in [-0.3, -0.25) is 0 Å². The molecule has 0 N–H and O–H groups in total. The monoisotopic (exact) mass is 468 g/mol. The first-order valence-corrected chi connectivity index (χ1v) is 13.2. The molecule has 0 bridgehead atoms. The van der Waals surface area contributed by atoms with E-state index in [4.69, 9.17) is 0 Å². The molecule has 35 heavy (non-hydrogen) atoms. The lowest BCUT2D eigenvalue weighted by atomic mass is 9.78. The van der Waals surface area contributed by atoms with Crippen molar-refractivity contribution in [2.24, 2.45) is 0 Å². The van der Waals surface area contributed by atoms with Crippen LogP contribution in [0.15, 0.2) is 54.6 Å². The number of hydrogen-bond acceptors (Lipinski definition) is 0. The minimum atomic E-state index is 0.102. The Morgan fingerprint density at radius 3 is 0.771 bits per heavy atom. The molecule has 0 aliphatic rings. The third kappa shape index (κ3) is 6.46. The summed E-state index contributed by atoms with van der Waals surface area (Å²) >= 11 is 0. The van der Waals surface area contributed by atoms with Gasteiger partial charge in [-0.05, 0) is 84.7 Å². The van der Waals surface area contributed by atoms with Crippen molar-refractivity contribution in [3.8, 4) is 22.3 Å². The van der Waals surface area contributed by atoms with E-state index in [1.165, 1.54) is 50.1 Å². The van der Waals surface area contributed by atoms with Crippen molar-refractivity contribution in [2.45, 2.75) is 112 Å². The van der Waals surface area contributed by atoms with E-state index in [1.54, 1.807) is 0 Å². The van der Waals surface area contributed by atoms with Crippen molar-refractivity contribution in [1.82, 2.24) is 0 Å². The Morgan fingerprint density at radius 1 is 0.314 bits per heavy atom. The molecule has 0 aliphatic carbocycles. The summed E-state index contributed by atoms with van der Waals surface area (Å²) in [6.45, 7) is 30.0. The first-order valence-electron chi connectivity index (χ1n) is 13.2. The van der Waals surface area contributed by atoms with Crippen molar-refractivity contribution in [1.29, 1.82) is 0 Å². The maximum atomic E-state index is 2.41. The summed E-state index contributed by atoms with van der Waals surface area (Å²) in [5.74, 6) is 0. The van der Waals surface area contributed by atoms with Crippen LogP contribution in [-0.4, -0.2) is 0 Å². The van der Waals surface area contributed by atoms with Gasteiger partial charge in [-0.2, -0.15) is 0 Å². The molecule has 0 spiro atoms. The zero-order valence-electron chi connectivity index (χ0n) is 24.7. The molecule has 0 saturated carbocycles. The minimum absolute atomic E-state index is 0.102. The highest BCUT2D eigenvalue weighted by Gasteiger charge is 2.23. The lowest BCUT2D eigenvalue weighted by Gasteiger charge is -2.27. The van der Waals surface area contributed by atoms with Gasteiger partial charge in [0.15, 0.2) is 0 Å². The Labute approximate surface area is 216 Å². The van der Waals surface area contributed by atoms with Gasteiger partial charge in [-0.25, -0.2) is 0 Å². The summed E-state index contributed by atoms with van der Waals surface area (Å²) < 4.78 is 0. The Balaban J connectivity index is 2.27. The molecule has 0 aromatic heterocycles. The number of aryl methyl sites for hydroxylation is 1. The highest BCUT2D eigenvalue weighted by atomic mass is 14.3. The lowest BCUT2D eigenvalue weighted by molar-refractivity contribution is 0.568. The topological polar surface area (TPSA) is 0 Å². The van der Waals surface area contributed by atoms with Gasteiger partial charge >= 0.3 is 0 Å². The predicted octanol–water partition coefficient (Wildman–Crippen LogP) is 10.5. The van der Waals surface area contributed by atoms with Crippen molar-refractivity contribution in [3.63, 3.8) is 0 Å². The summed E-state index contributed by atoms with van der Waals surface area (Å²) in [5, 5.41) is 0. The van der Waals surface area contributed by atoms with E-state index in [-0.39, 0.29) is 21.7 Å². The average Bonchev–Trinajstić information content (AvgIpc) is 2.70. The minimum Gasteiger partial charge on any atom is -0.0561 e. The zero-order valence-corrected chi connectivity index (χ0v) is 24.7.